The van der Waals surface area contributed by atoms with E-state index in [1.165, 1.54) is 12.8 Å². The lowest BCUT2D eigenvalue weighted by Crippen LogP contribution is -2.48. The summed E-state index contributed by atoms with van der Waals surface area (Å²) in [5, 5.41) is 5.84. The highest BCUT2D eigenvalue weighted by atomic mass is 16.2. The van der Waals surface area contributed by atoms with Crippen LogP contribution in [-0.4, -0.2) is 47.6 Å². The minimum absolute atomic E-state index is 0.0320. The van der Waals surface area contributed by atoms with Crippen LogP contribution in [-0.2, 0) is 0 Å². The molecule has 150 valence electrons. The molecule has 1 saturated carbocycles. The summed E-state index contributed by atoms with van der Waals surface area (Å²) in [5.74, 6) is 1.47. The predicted molar refractivity (Wildman–Crippen MR) is 110 cm³/mol. The second kappa shape index (κ2) is 7.02. The SMILES string of the molecule is Cc1ccnc(NC(=O)N2c3nc(C(=O)NCC4CC4)ccc3N3CC[C@H]2C3)c1. The maximum atomic E-state index is 13.1. The topological polar surface area (TPSA) is 90.5 Å². The molecule has 2 aliphatic heterocycles. The van der Waals surface area contributed by atoms with Crippen molar-refractivity contribution in [3.63, 3.8) is 0 Å². The molecule has 1 atom stereocenters. The normalized spacial score (nSPS) is 19.7. The molecule has 2 N–H and O–H groups in total. The van der Waals surface area contributed by atoms with Gasteiger partial charge >= 0.3 is 6.03 Å². The number of rotatable bonds is 4. The Kier molecular flexibility index (Phi) is 4.34. The molecule has 29 heavy (non-hydrogen) atoms. The molecule has 4 heterocycles. The first-order chi connectivity index (χ1) is 14.1. The number of hydrogen-bond acceptors (Lipinski definition) is 5. The van der Waals surface area contributed by atoms with E-state index < -0.39 is 0 Å². The van der Waals surface area contributed by atoms with Gasteiger partial charge in [-0.25, -0.2) is 14.8 Å². The van der Waals surface area contributed by atoms with Gasteiger partial charge in [0.05, 0.1) is 11.7 Å². The van der Waals surface area contributed by atoms with Crippen molar-refractivity contribution in [2.75, 3.05) is 34.8 Å². The van der Waals surface area contributed by atoms with Gasteiger partial charge in [0, 0.05) is 25.8 Å². The molecule has 2 bridgehead atoms. The Balaban J connectivity index is 1.43. The standard InChI is InChI=1S/C21H24N6O2/c1-13-6-8-22-18(10-13)25-21(29)27-15-7-9-26(12-15)17-5-4-16(24-19(17)27)20(28)23-11-14-2-3-14/h4-6,8,10,14-15H,2-3,7,9,11-12H2,1H3,(H,23,28)(H,22,25,29)/t15-/m0/s1. The average Bonchev–Trinajstić information content (AvgIpc) is 3.45. The minimum Gasteiger partial charge on any atom is -0.366 e. The Morgan fingerprint density at radius 2 is 2.07 bits per heavy atom. The largest absolute Gasteiger partial charge is 0.366 e. The maximum absolute atomic E-state index is 13.1. The number of nitrogens with one attached hydrogen (secondary N) is 2. The zero-order valence-electron chi connectivity index (χ0n) is 16.4. The van der Waals surface area contributed by atoms with Crippen molar-refractivity contribution in [3.8, 4) is 0 Å². The average molecular weight is 392 g/mol. The van der Waals surface area contributed by atoms with Crippen LogP contribution >= 0.6 is 0 Å². The first-order valence-corrected chi connectivity index (χ1v) is 10.2. The highest BCUT2D eigenvalue weighted by Crippen LogP contribution is 2.39. The van der Waals surface area contributed by atoms with Crippen molar-refractivity contribution in [1.82, 2.24) is 15.3 Å². The number of amides is 3. The smallest absolute Gasteiger partial charge is 0.329 e. The van der Waals surface area contributed by atoms with Crippen LogP contribution < -0.4 is 20.4 Å². The molecule has 8 heteroatoms. The lowest BCUT2D eigenvalue weighted by atomic mass is 10.1. The molecule has 3 amide bonds. The van der Waals surface area contributed by atoms with E-state index in [4.69, 9.17) is 0 Å². The minimum atomic E-state index is -0.265. The van der Waals surface area contributed by atoms with E-state index in [1.807, 2.05) is 25.1 Å². The molecule has 3 aliphatic rings. The molecule has 1 saturated heterocycles. The second-order valence-electron chi connectivity index (χ2n) is 8.10. The number of nitrogens with zero attached hydrogens (tertiary/aromatic N) is 4. The Hall–Kier alpha value is -3.16. The molecule has 5 rings (SSSR count). The van der Waals surface area contributed by atoms with Crippen LogP contribution in [0.25, 0.3) is 0 Å². The first-order valence-electron chi connectivity index (χ1n) is 10.2. The van der Waals surface area contributed by atoms with Gasteiger partial charge in [-0.15, -0.1) is 0 Å². The fourth-order valence-electron chi connectivity index (χ4n) is 4.02. The molecular formula is C21H24N6O2. The van der Waals surface area contributed by atoms with E-state index in [0.29, 0.717) is 29.8 Å². The van der Waals surface area contributed by atoms with Crippen molar-refractivity contribution in [3.05, 3.63) is 41.7 Å². The third kappa shape index (κ3) is 3.50. The van der Waals surface area contributed by atoms with E-state index in [9.17, 15) is 9.59 Å². The van der Waals surface area contributed by atoms with Crippen LogP contribution in [0, 0.1) is 12.8 Å². The van der Waals surface area contributed by atoms with Gasteiger partial charge in [-0.05, 0) is 61.9 Å². The van der Waals surface area contributed by atoms with Gasteiger partial charge in [0.25, 0.3) is 5.91 Å². The highest BCUT2D eigenvalue weighted by molar-refractivity contribution is 6.05. The molecule has 1 aliphatic carbocycles. The number of aromatic nitrogens is 2. The second-order valence-corrected chi connectivity index (χ2v) is 8.10. The van der Waals surface area contributed by atoms with Crippen LogP contribution in [0.15, 0.2) is 30.5 Å². The Morgan fingerprint density at radius 3 is 2.86 bits per heavy atom. The van der Waals surface area contributed by atoms with Crippen LogP contribution in [0.2, 0.25) is 0 Å². The summed E-state index contributed by atoms with van der Waals surface area (Å²) in [6, 6.07) is 7.13. The van der Waals surface area contributed by atoms with Gasteiger partial charge in [-0.1, -0.05) is 0 Å². The van der Waals surface area contributed by atoms with Gasteiger partial charge in [-0.3, -0.25) is 15.0 Å². The van der Waals surface area contributed by atoms with Crippen LogP contribution in [0.1, 0.15) is 35.3 Å². The molecule has 0 unspecified atom stereocenters. The number of fused-ring (bicyclic) bond motifs is 4. The van der Waals surface area contributed by atoms with Gasteiger partial charge < -0.3 is 10.2 Å². The number of aryl methyl sites for hydroxylation is 1. The Labute approximate surface area is 169 Å². The zero-order chi connectivity index (χ0) is 20.0. The lowest BCUT2D eigenvalue weighted by molar-refractivity contribution is 0.0947. The van der Waals surface area contributed by atoms with Crippen LogP contribution in [0.3, 0.4) is 0 Å². The van der Waals surface area contributed by atoms with Crippen molar-refractivity contribution >= 4 is 29.3 Å². The van der Waals surface area contributed by atoms with Crippen LogP contribution in [0.5, 0.6) is 0 Å². The van der Waals surface area contributed by atoms with Gasteiger partial charge in [0.2, 0.25) is 0 Å². The number of pyridine rings is 2. The van der Waals surface area contributed by atoms with E-state index in [2.05, 4.69) is 25.5 Å². The number of carbonyl (C=O) groups is 2. The molecule has 2 aromatic rings. The molecule has 2 fully saturated rings. The van der Waals surface area contributed by atoms with Crippen LogP contribution in [0.4, 0.5) is 22.1 Å². The summed E-state index contributed by atoms with van der Waals surface area (Å²) in [6.45, 7) is 4.29. The quantitative estimate of drug-likeness (QED) is 0.835. The predicted octanol–water partition coefficient (Wildman–Crippen LogP) is 2.56. The maximum Gasteiger partial charge on any atom is 0.329 e. The Morgan fingerprint density at radius 1 is 1.21 bits per heavy atom. The Bertz CT molecular complexity index is 973. The number of carbonyl (C=O) groups excluding carboxylic acids is 2. The molecule has 0 spiro atoms. The monoisotopic (exact) mass is 392 g/mol. The van der Waals surface area contributed by atoms with E-state index >= 15 is 0 Å². The third-order valence-electron chi connectivity index (χ3n) is 5.80. The van der Waals surface area contributed by atoms with Crippen molar-refractivity contribution in [1.29, 1.82) is 0 Å². The number of hydrogen-bond donors (Lipinski definition) is 2. The van der Waals surface area contributed by atoms with Gasteiger partial charge in [-0.2, -0.15) is 0 Å². The van der Waals surface area contributed by atoms with E-state index in [1.54, 1.807) is 17.2 Å². The third-order valence-corrected chi connectivity index (χ3v) is 5.80. The number of urea groups is 1. The summed E-state index contributed by atoms with van der Waals surface area (Å²) in [7, 11) is 0. The van der Waals surface area contributed by atoms with Gasteiger partial charge in [0.15, 0.2) is 5.82 Å². The fourth-order valence-corrected chi connectivity index (χ4v) is 4.02. The van der Waals surface area contributed by atoms with Gasteiger partial charge in [0.1, 0.15) is 11.5 Å². The summed E-state index contributed by atoms with van der Waals surface area (Å²) < 4.78 is 0. The van der Waals surface area contributed by atoms with Crippen molar-refractivity contribution < 1.29 is 9.59 Å². The molecule has 2 aromatic heterocycles. The van der Waals surface area contributed by atoms with Crippen molar-refractivity contribution in [2.45, 2.75) is 32.2 Å². The highest BCUT2D eigenvalue weighted by Gasteiger charge is 2.40. The zero-order valence-corrected chi connectivity index (χ0v) is 16.4. The molecule has 8 nitrogen and oxygen atoms in total. The summed E-state index contributed by atoms with van der Waals surface area (Å²) in [6.07, 6.45) is 4.89. The summed E-state index contributed by atoms with van der Waals surface area (Å²) in [5.41, 5.74) is 2.26. The van der Waals surface area contributed by atoms with Crippen molar-refractivity contribution in [2.24, 2.45) is 5.92 Å². The van der Waals surface area contributed by atoms with E-state index in [-0.39, 0.29) is 18.0 Å². The van der Waals surface area contributed by atoms with E-state index in [0.717, 1.165) is 30.8 Å². The molecule has 0 aromatic carbocycles. The lowest BCUT2D eigenvalue weighted by Gasteiger charge is -2.35. The summed E-state index contributed by atoms with van der Waals surface area (Å²) >= 11 is 0. The molecule has 0 radical (unpaired) electrons. The number of anilines is 3. The molecular weight excluding hydrogens is 368 g/mol. The fraction of sp³-hybridized carbons (Fsp3) is 0.429. The summed E-state index contributed by atoms with van der Waals surface area (Å²) in [4.78, 5) is 38.4. The first kappa shape index (κ1) is 17.9.